The van der Waals surface area contributed by atoms with Gasteiger partial charge in [-0.05, 0) is 42.8 Å². The molecule has 0 atom stereocenters. The molecule has 4 heterocycles. The number of carbonyl (C=O) groups is 1. The molecule has 0 aromatic carbocycles. The molecule has 0 amide bonds. The Bertz CT molecular complexity index is 1410. The molecule has 0 bridgehead atoms. The van der Waals surface area contributed by atoms with Crippen molar-refractivity contribution in [2.45, 2.75) is 43.1 Å². The molecule has 0 aliphatic heterocycles. The van der Waals surface area contributed by atoms with E-state index in [0.29, 0.717) is 63.3 Å². The number of aliphatic carboxylic acids is 1. The van der Waals surface area contributed by atoms with Gasteiger partial charge < -0.3 is 9.90 Å². The number of carboxylic acid groups (broad SMARTS) is 1. The van der Waals surface area contributed by atoms with Gasteiger partial charge in [0.25, 0.3) is 11.1 Å². The molecule has 0 unspecified atom stereocenters. The Kier molecular flexibility index (Phi) is 6.92. The standard InChI is InChI=1S/C21H19ClN4O4S2/c22-13-5-6-16-23-14(10-17(27)26(16)11-13)12-32-21-24-15-7-9-31-19(15)20(30)25(21)8-3-1-2-4-18(28)29/h5-7,9-11H,1-4,8,12H2,(H,28,29)/p-1. The molecule has 0 saturated heterocycles. The largest absolute Gasteiger partial charge is 0.550 e. The summed E-state index contributed by atoms with van der Waals surface area (Å²) in [5.41, 5.74) is 1.34. The van der Waals surface area contributed by atoms with Gasteiger partial charge in [-0.3, -0.25) is 18.6 Å². The van der Waals surface area contributed by atoms with E-state index in [1.54, 1.807) is 22.8 Å². The smallest absolute Gasteiger partial charge is 0.272 e. The van der Waals surface area contributed by atoms with Crippen LogP contribution in [0.1, 0.15) is 31.4 Å². The van der Waals surface area contributed by atoms with E-state index in [4.69, 9.17) is 11.6 Å². The highest BCUT2D eigenvalue weighted by atomic mass is 35.5. The lowest BCUT2D eigenvalue weighted by atomic mass is 10.2. The summed E-state index contributed by atoms with van der Waals surface area (Å²) in [6, 6.07) is 6.60. The number of unbranched alkanes of at least 4 members (excludes halogenated alkanes) is 2. The number of carbonyl (C=O) groups excluding carboxylic acids is 1. The summed E-state index contributed by atoms with van der Waals surface area (Å²) in [5, 5.41) is 13.4. The number of hydrogen-bond donors (Lipinski definition) is 0. The summed E-state index contributed by atoms with van der Waals surface area (Å²) in [5.74, 6) is -0.706. The summed E-state index contributed by atoms with van der Waals surface area (Å²) >= 11 is 8.64. The molecule has 0 N–H and O–H groups in total. The molecular weight excluding hydrogens is 472 g/mol. The first kappa shape index (κ1) is 22.5. The number of thioether (sulfide) groups is 1. The van der Waals surface area contributed by atoms with E-state index in [1.807, 2.05) is 5.38 Å². The topological polar surface area (TPSA) is 109 Å². The molecule has 0 aliphatic carbocycles. The highest BCUT2D eigenvalue weighted by Gasteiger charge is 2.14. The normalized spacial score (nSPS) is 11.4. The minimum absolute atomic E-state index is 0.00704. The lowest BCUT2D eigenvalue weighted by Crippen LogP contribution is -2.23. The molecule has 4 aromatic heterocycles. The van der Waals surface area contributed by atoms with Gasteiger partial charge in [0.1, 0.15) is 10.3 Å². The van der Waals surface area contributed by atoms with Crippen molar-refractivity contribution >= 4 is 56.5 Å². The van der Waals surface area contributed by atoms with Crippen LogP contribution in [0.3, 0.4) is 0 Å². The summed E-state index contributed by atoms with van der Waals surface area (Å²) in [4.78, 5) is 45.1. The van der Waals surface area contributed by atoms with Crippen LogP contribution in [0.5, 0.6) is 0 Å². The van der Waals surface area contributed by atoms with Gasteiger partial charge in [-0.2, -0.15) is 0 Å². The van der Waals surface area contributed by atoms with Gasteiger partial charge in [0.15, 0.2) is 5.16 Å². The van der Waals surface area contributed by atoms with E-state index in [9.17, 15) is 19.5 Å². The molecule has 0 radical (unpaired) electrons. The minimum Gasteiger partial charge on any atom is -0.550 e. The highest BCUT2D eigenvalue weighted by molar-refractivity contribution is 7.98. The molecule has 166 valence electrons. The first-order valence-electron chi connectivity index (χ1n) is 9.91. The second-order valence-corrected chi connectivity index (χ2v) is 9.41. The molecular formula is C21H18ClN4O4S2-. The molecule has 32 heavy (non-hydrogen) atoms. The second kappa shape index (κ2) is 9.85. The molecule has 11 heteroatoms. The summed E-state index contributed by atoms with van der Waals surface area (Å²) in [6.07, 6.45) is 3.35. The first-order chi connectivity index (χ1) is 15.4. The summed E-state index contributed by atoms with van der Waals surface area (Å²) < 4.78 is 3.59. The van der Waals surface area contributed by atoms with Gasteiger partial charge in [-0.25, -0.2) is 9.97 Å². The molecule has 4 aromatic rings. The number of pyridine rings is 1. The fourth-order valence-electron chi connectivity index (χ4n) is 3.29. The number of aromatic nitrogens is 4. The number of thiophene rings is 1. The predicted octanol–water partition coefficient (Wildman–Crippen LogP) is 2.72. The van der Waals surface area contributed by atoms with E-state index in [-0.39, 0.29) is 17.5 Å². The number of nitrogens with zero attached hydrogens (tertiary/aromatic N) is 4. The monoisotopic (exact) mass is 489 g/mol. The first-order valence-corrected chi connectivity index (χ1v) is 12.2. The maximum atomic E-state index is 13.0. The average molecular weight is 490 g/mol. The van der Waals surface area contributed by atoms with Crippen molar-refractivity contribution in [1.29, 1.82) is 0 Å². The maximum Gasteiger partial charge on any atom is 0.272 e. The van der Waals surface area contributed by atoms with Gasteiger partial charge in [-0.15, -0.1) is 11.3 Å². The number of rotatable bonds is 9. The quantitative estimate of drug-likeness (QED) is 0.202. The van der Waals surface area contributed by atoms with Crippen LogP contribution in [0.25, 0.3) is 15.9 Å². The van der Waals surface area contributed by atoms with E-state index in [1.165, 1.54) is 39.8 Å². The zero-order valence-corrected chi connectivity index (χ0v) is 19.2. The SMILES string of the molecule is O=C([O-])CCCCCn1c(SCc2cc(=O)n3cc(Cl)ccc3n2)nc2ccsc2c1=O. The zero-order valence-electron chi connectivity index (χ0n) is 16.8. The van der Waals surface area contributed by atoms with E-state index in [2.05, 4.69) is 9.97 Å². The van der Waals surface area contributed by atoms with Crippen molar-refractivity contribution in [2.24, 2.45) is 0 Å². The Labute approximate surface area is 195 Å². The number of carboxylic acids is 1. The Hall–Kier alpha value is -2.69. The van der Waals surface area contributed by atoms with E-state index in [0.717, 1.165) is 0 Å². The van der Waals surface area contributed by atoms with E-state index >= 15 is 0 Å². The Morgan fingerprint density at radius 3 is 2.81 bits per heavy atom. The zero-order chi connectivity index (χ0) is 22.7. The van der Waals surface area contributed by atoms with Crippen LogP contribution in [0.2, 0.25) is 5.02 Å². The third kappa shape index (κ3) is 5.03. The lowest BCUT2D eigenvalue weighted by molar-refractivity contribution is -0.305. The molecule has 0 aliphatic rings. The third-order valence-electron chi connectivity index (χ3n) is 4.82. The van der Waals surface area contributed by atoms with Crippen molar-refractivity contribution in [3.05, 3.63) is 67.3 Å². The molecule has 0 fully saturated rings. The summed E-state index contributed by atoms with van der Waals surface area (Å²) in [6.45, 7) is 0.432. The maximum absolute atomic E-state index is 13.0. The highest BCUT2D eigenvalue weighted by Crippen LogP contribution is 2.24. The molecule has 4 rings (SSSR count). The van der Waals surface area contributed by atoms with Gasteiger partial charge in [-0.1, -0.05) is 29.8 Å². The van der Waals surface area contributed by atoms with Gasteiger partial charge in [0, 0.05) is 30.5 Å². The Morgan fingerprint density at radius 2 is 2.00 bits per heavy atom. The molecule has 0 saturated carbocycles. The summed E-state index contributed by atoms with van der Waals surface area (Å²) in [7, 11) is 0. The number of halogens is 1. The second-order valence-electron chi connectivity index (χ2n) is 7.12. The average Bonchev–Trinajstić information content (AvgIpc) is 3.23. The van der Waals surface area contributed by atoms with Crippen molar-refractivity contribution in [3.63, 3.8) is 0 Å². The van der Waals surface area contributed by atoms with Crippen LogP contribution in [-0.4, -0.2) is 24.9 Å². The fraction of sp³-hybridized carbons (Fsp3) is 0.286. The molecule has 0 spiro atoms. The van der Waals surface area contributed by atoms with E-state index < -0.39 is 5.97 Å². The van der Waals surface area contributed by atoms with Gasteiger partial charge in [0.2, 0.25) is 0 Å². The number of fused-ring (bicyclic) bond motifs is 2. The van der Waals surface area contributed by atoms with Crippen molar-refractivity contribution in [1.82, 2.24) is 18.9 Å². The van der Waals surface area contributed by atoms with Crippen LogP contribution in [0, 0.1) is 0 Å². The van der Waals surface area contributed by atoms with Crippen molar-refractivity contribution in [2.75, 3.05) is 0 Å². The lowest BCUT2D eigenvalue weighted by Gasteiger charge is -2.12. The third-order valence-corrected chi connectivity index (χ3v) is 6.94. The van der Waals surface area contributed by atoms with Crippen molar-refractivity contribution in [3.8, 4) is 0 Å². The van der Waals surface area contributed by atoms with Crippen LogP contribution in [0.4, 0.5) is 0 Å². The minimum atomic E-state index is -1.07. The Morgan fingerprint density at radius 1 is 1.16 bits per heavy atom. The molecule has 8 nitrogen and oxygen atoms in total. The van der Waals surface area contributed by atoms with Crippen molar-refractivity contribution < 1.29 is 9.90 Å². The predicted molar refractivity (Wildman–Crippen MR) is 123 cm³/mol. The van der Waals surface area contributed by atoms with Crippen LogP contribution in [0.15, 0.2) is 50.6 Å². The Balaban J connectivity index is 1.57. The fourth-order valence-corrected chi connectivity index (χ4v) is 5.14. The van der Waals surface area contributed by atoms with Gasteiger partial charge >= 0.3 is 0 Å². The van der Waals surface area contributed by atoms with Gasteiger partial charge in [0.05, 0.1) is 16.2 Å². The number of hydrogen-bond acceptors (Lipinski definition) is 8. The van der Waals surface area contributed by atoms with Crippen LogP contribution < -0.4 is 16.2 Å². The van der Waals surface area contributed by atoms with Crippen LogP contribution >= 0.6 is 34.7 Å². The van der Waals surface area contributed by atoms with Crippen LogP contribution in [-0.2, 0) is 17.1 Å².